The molecule has 1 aliphatic heterocycles. The fourth-order valence-corrected chi connectivity index (χ4v) is 5.92. The van der Waals surface area contributed by atoms with Crippen molar-refractivity contribution in [3.8, 4) is 5.75 Å². The maximum absolute atomic E-state index is 13.4. The van der Waals surface area contributed by atoms with Gasteiger partial charge in [-0.15, -0.1) is 0 Å². The largest absolute Gasteiger partial charge is 0.488 e. The number of nitrogens with zero attached hydrogens (tertiary/aromatic N) is 1. The third kappa shape index (κ3) is 4.73. The molecule has 0 saturated carbocycles. The molecule has 1 aliphatic rings. The number of carbonyl (C=O) groups is 2. The van der Waals surface area contributed by atoms with Crippen LogP contribution in [0.4, 0.5) is 4.79 Å². The Hall–Kier alpha value is -3.87. The van der Waals surface area contributed by atoms with Crippen LogP contribution in [0.25, 0.3) is 27.6 Å². The van der Waals surface area contributed by atoms with E-state index in [0.717, 1.165) is 54.5 Å². The van der Waals surface area contributed by atoms with Crippen LogP contribution in [0.5, 0.6) is 5.75 Å². The molecule has 0 unspecified atom stereocenters. The molecule has 5 aromatic rings. The van der Waals surface area contributed by atoms with E-state index in [-0.39, 0.29) is 17.7 Å². The van der Waals surface area contributed by atoms with E-state index in [9.17, 15) is 9.59 Å². The lowest BCUT2D eigenvalue weighted by Crippen LogP contribution is -2.27. The first kappa shape index (κ1) is 24.5. The SMILES string of the molecule is O=C1S/C(=C\c2c(OCc3cccc4ccccc34)ccc3ccccc23)C(=O)N1Cc1ccccc1Br. The quantitative estimate of drug-likeness (QED) is 0.189. The molecule has 0 N–H and O–H groups in total. The molecule has 4 nitrogen and oxygen atoms in total. The molecule has 6 heteroatoms. The van der Waals surface area contributed by atoms with Crippen molar-refractivity contribution in [2.24, 2.45) is 0 Å². The van der Waals surface area contributed by atoms with E-state index in [2.05, 4.69) is 40.2 Å². The Labute approximate surface area is 233 Å². The standard InChI is InChI=1S/C32H22BrNO3S/c33-28-15-6-3-10-23(28)19-34-31(35)30(38-32(34)36)18-27-26-14-5-2-9-22(26)16-17-29(27)37-20-24-12-7-11-21-8-1-4-13-25(21)24/h1-18H,19-20H2/b30-18-. The van der Waals surface area contributed by atoms with Crippen LogP contribution in [-0.4, -0.2) is 16.0 Å². The van der Waals surface area contributed by atoms with E-state index in [1.807, 2.05) is 78.9 Å². The number of amides is 2. The highest BCUT2D eigenvalue weighted by Gasteiger charge is 2.35. The van der Waals surface area contributed by atoms with Crippen LogP contribution >= 0.6 is 27.7 Å². The molecule has 1 fully saturated rings. The van der Waals surface area contributed by atoms with E-state index in [1.165, 1.54) is 4.90 Å². The zero-order valence-corrected chi connectivity index (χ0v) is 22.7. The molecule has 1 saturated heterocycles. The summed E-state index contributed by atoms with van der Waals surface area (Å²) in [5.41, 5.74) is 2.74. The lowest BCUT2D eigenvalue weighted by molar-refractivity contribution is -0.123. The summed E-state index contributed by atoms with van der Waals surface area (Å²) in [6, 6.07) is 34.0. The lowest BCUT2D eigenvalue weighted by atomic mass is 10.0. The summed E-state index contributed by atoms with van der Waals surface area (Å²) in [4.78, 5) is 27.9. The molecule has 0 spiro atoms. The van der Waals surface area contributed by atoms with E-state index in [1.54, 1.807) is 6.08 Å². The fourth-order valence-electron chi connectivity index (χ4n) is 4.69. The third-order valence-corrected chi connectivity index (χ3v) is 8.31. The molecule has 5 aromatic carbocycles. The van der Waals surface area contributed by atoms with E-state index >= 15 is 0 Å². The number of rotatable bonds is 6. The minimum Gasteiger partial charge on any atom is -0.488 e. The Morgan fingerprint density at radius 1 is 0.737 bits per heavy atom. The second kappa shape index (κ2) is 10.5. The summed E-state index contributed by atoms with van der Waals surface area (Å²) < 4.78 is 7.24. The predicted octanol–water partition coefficient (Wildman–Crippen LogP) is 8.57. The number of halogens is 1. The normalized spacial score (nSPS) is 14.7. The highest BCUT2D eigenvalue weighted by Crippen LogP contribution is 2.38. The summed E-state index contributed by atoms with van der Waals surface area (Å²) in [7, 11) is 0. The third-order valence-electron chi connectivity index (χ3n) is 6.63. The van der Waals surface area contributed by atoms with Gasteiger partial charge in [-0.25, -0.2) is 0 Å². The fraction of sp³-hybridized carbons (Fsp3) is 0.0625. The minimum absolute atomic E-state index is 0.212. The molecule has 0 radical (unpaired) electrons. The van der Waals surface area contributed by atoms with Crippen molar-refractivity contribution in [1.29, 1.82) is 0 Å². The second-order valence-corrected chi connectivity index (χ2v) is 10.8. The van der Waals surface area contributed by atoms with Crippen molar-refractivity contribution in [1.82, 2.24) is 4.90 Å². The Kier molecular flexibility index (Phi) is 6.75. The van der Waals surface area contributed by atoms with Crippen molar-refractivity contribution < 1.29 is 14.3 Å². The molecule has 0 bridgehead atoms. The highest BCUT2D eigenvalue weighted by atomic mass is 79.9. The average molecular weight is 581 g/mol. The maximum Gasteiger partial charge on any atom is 0.293 e. The minimum atomic E-state index is -0.302. The van der Waals surface area contributed by atoms with Gasteiger partial charge in [-0.05, 0) is 62.6 Å². The van der Waals surface area contributed by atoms with Crippen LogP contribution in [-0.2, 0) is 17.9 Å². The smallest absolute Gasteiger partial charge is 0.293 e. The van der Waals surface area contributed by atoms with Gasteiger partial charge in [0.05, 0.1) is 11.4 Å². The van der Waals surface area contributed by atoms with Gasteiger partial charge >= 0.3 is 0 Å². The molecule has 186 valence electrons. The van der Waals surface area contributed by atoms with Gasteiger partial charge in [0.15, 0.2) is 0 Å². The number of hydrogen-bond donors (Lipinski definition) is 0. The van der Waals surface area contributed by atoms with E-state index in [0.29, 0.717) is 17.3 Å². The zero-order valence-electron chi connectivity index (χ0n) is 20.3. The van der Waals surface area contributed by atoms with E-state index in [4.69, 9.17) is 4.74 Å². The highest BCUT2D eigenvalue weighted by molar-refractivity contribution is 9.10. The Bertz CT molecular complexity index is 1740. The Balaban J connectivity index is 1.35. The Morgan fingerprint density at radius 2 is 1.39 bits per heavy atom. The van der Waals surface area contributed by atoms with Crippen LogP contribution in [0.15, 0.2) is 113 Å². The number of ether oxygens (including phenoxy) is 1. The second-order valence-electron chi connectivity index (χ2n) is 8.98. The van der Waals surface area contributed by atoms with Gasteiger partial charge in [-0.2, -0.15) is 0 Å². The van der Waals surface area contributed by atoms with Crippen molar-refractivity contribution in [2.75, 3.05) is 0 Å². The number of benzene rings is 5. The number of thioether (sulfide) groups is 1. The first-order chi connectivity index (χ1) is 18.6. The molecular formula is C32H22BrNO3S. The van der Waals surface area contributed by atoms with Gasteiger partial charge in [-0.3, -0.25) is 14.5 Å². The van der Waals surface area contributed by atoms with Crippen molar-refractivity contribution in [3.05, 3.63) is 129 Å². The van der Waals surface area contributed by atoms with Crippen molar-refractivity contribution in [2.45, 2.75) is 13.2 Å². The summed E-state index contributed by atoms with van der Waals surface area (Å²) in [5.74, 6) is 0.359. The number of fused-ring (bicyclic) bond motifs is 2. The number of hydrogen-bond acceptors (Lipinski definition) is 4. The topological polar surface area (TPSA) is 46.6 Å². The van der Waals surface area contributed by atoms with Crippen LogP contribution in [0.1, 0.15) is 16.7 Å². The summed E-state index contributed by atoms with van der Waals surface area (Å²) in [5, 5.41) is 4.01. The summed E-state index contributed by atoms with van der Waals surface area (Å²) >= 11 is 4.48. The first-order valence-electron chi connectivity index (χ1n) is 12.2. The van der Waals surface area contributed by atoms with Crippen molar-refractivity contribution in [3.63, 3.8) is 0 Å². The van der Waals surface area contributed by atoms with Crippen LogP contribution in [0.3, 0.4) is 0 Å². The molecule has 0 aliphatic carbocycles. The van der Waals surface area contributed by atoms with Gasteiger partial charge in [0, 0.05) is 10.0 Å². The predicted molar refractivity (Wildman–Crippen MR) is 158 cm³/mol. The maximum atomic E-state index is 13.4. The van der Waals surface area contributed by atoms with Crippen LogP contribution in [0, 0.1) is 0 Å². The lowest BCUT2D eigenvalue weighted by Gasteiger charge is -2.14. The van der Waals surface area contributed by atoms with Gasteiger partial charge in [0.2, 0.25) is 0 Å². The first-order valence-corrected chi connectivity index (χ1v) is 13.8. The van der Waals surface area contributed by atoms with E-state index < -0.39 is 0 Å². The summed E-state index contributed by atoms with van der Waals surface area (Å²) in [6.45, 7) is 0.591. The molecule has 0 atom stereocenters. The van der Waals surface area contributed by atoms with Crippen LogP contribution < -0.4 is 4.74 Å². The zero-order chi connectivity index (χ0) is 26.1. The number of carbonyl (C=O) groups excluding carboxylic acids is 2. The number of imide groups is 1. The molecular weight excluding hydrogens is 558 g/mol. The van der Waals surface area contributed by atoms with Gasteiger partial charge < -0.3 is 4.74 Å². The molecule has 0 aromatic heterocycles. The average Bonchev–Trinajstić information content (AvgIpc) is 3.21. The summed E-state index contributed by atoms with van der Waals surface area (Å²) in [6.07, 6.45) is 1.80. The molecule has 38 heavy (non-hydrogen) atoms. The Morgan fingerprint density at radius 3 is 2.21 bits per heavy atom. The van der Waals surface area contributed by atoms with Gasteiger partial charge in [0.25, 0.3) is 11.1 Å². The van der Waals surface area contributed by atoms with Gasteiger partial charge in [0.1, 0.15) is 12.4 Å². The molecule has 6 rings (SSSR count). The molecule has 1 heterocycles. The monoisotopic (exact) mass is 579 g/mol. The van der Waals surface area contributed by atoms with Crippen LogP contribution in [0.2, 0.25) is 0 Å². The molecule has 2 amide bonds. The van der Waals surface area contributed by atoms with Gasteiger partial charge in [-0.1, -0.05) is 107 Å². The van der Waals surface area contributed by atoms with Crippen molar-refractivity contribution >= 4 is 66.5 Å².